The molecular formula is C12H16FNO. The predicted octanol–water partition coefficient (Wildman–Crippen LogP) is 1.95. The van der Waals surface area contributed by atoms with Crippen LogP contribution in [0.1, 0.15) is 12.0 Å². The minimum absolute atomic E-state index is 0.159. The number of hydrogen-bond acceptors (Lipinski definition) is 2. The Kier molecular flexibility index (Phi) is 2.91. The van der Waals surface area contributed by atoms with E-state index in [2.05, 4.69) is 0 Å². The summed E-state index contributed by atoms with van der Waals surface area (Å²) in [5.74, 6) is 0.137. The van der Waals surface area contributed by atoms with Gasteiger partial charge in [0.15, 0.2) is 0 Å². The molecule has 3 heteroatoms. The number of aryl methyl sites for hydroxylation is 1. The lowest BCUT2D eigenvalue weighted by Crippen LogP contribution is -2.22. The van der Waals surface area contributed by atoms with Gasteiger partial charge in [0.05, 0.1) is 5.69 Å². The fraction of sp³-hybridized carbons (Fsp3) is 0.500. The molecule has 0 spiro atoms. The van der Waals surface area contributed by atoms with Gasteiger partial charge in [-0.1, -0.05) is 12.1 Å². The van der Waals surface area contributed by atoms with Crippen molar-refractivity contribution in [2.45, 2.75) is 13.3 Å². The highest BCUT2D eigenvalue weighted by molar-refractivity contribution is 5.54. The third-order valence-corrected chi connectivity index (χ3v) is 3.05. The van der Waals surface area contributed by atoms with Gasteiger partial charge >= 0.3 is 0 Å². The van der Waals surface area contributed by atoms with E-state index < -0.39 is 0 Å². The summed E-state index contributed by atoms with van der Waals surface area (Å²) in [6.07, 6.45) is 0.949. The first kappa shape index (κ1) is 10.4. The third-order valence-electron chi connectivity index (χ3n) is 3.05. The second kappa shape index (κ2) is 4.19. The highest BCUT2D eigenvalue weighted by Gasteiger charge is 2.24. The van der Waals surface area contributed by atoms with E-state index >= 15 is 0 Å². The number of hydrogen-bond donors (Lipinski definition) is 1. The van der Waals surface area contributed by atoms with E-state index in [0.29, 0.717) is 11.6 Å². The number of halogens is 1. The number of aliphatic hydroxyl groups is 1. The van der Waals surface area contributed by atoms with Crippen molar-refractivity contribution >= 4 is 5.69 Å². The predicted molar refractivity (Wildman–Crippen MR) is 58.5 cm³/mol. The zero-order valence-corrected chi connectivity index (χ0v) is 8.91. The van der Waals surface area contributed by atoms with Crippen molar-refractivity contribution in [3.8, 4) is 0 Å². The normalized spacial score (nSPS) is 21.0. The topological polar surface area (TPSA) is 23.5 Å². The van der Waals surface area contributed by atoms with Gasteiger partial charge in [0.2, 0.25) is 0 Å². The van der Waals surface area contributed by atoms with E-state index in [1.54, 1.807) is 6.07 Å². The molecule has 1 N–H and O–H groups in total. The molecule has 0 bridgehead atoms. The second-order valence-electron chi connectivity index (χ2n) is 4.19. The van der Waals surface area contributed by atoms with Crippen molar-refractivity contribution in [3.05, 3.63) is 29.6 Å². The van der Waals surface area contributed by atoms with Crippen LogP contribution in [0.25, 0.3) is 0 Å². The smallest absolute Gasteiger partial charge is 0.146 e. The molecule has 82 valence electrons. The van der Waals surface area contributed by atoms with E-state index in [4.69, 9.17) is 5.11 Å². The second-order valence-corrected chi connectivity index (χ2v) is 4.19. The highest BCUT2D eigenvalue weighted by atomic mass is 19.1. The molecule has 1 fully saturated rings. The van der Waals surface area contributed by atoms with Gasteiger partial charge in [-0.25, -0.2) is 4.39 Å². The summed E-state index contributed by atoms with van der Waals surface area (Å²) in [5.41, 5.74) is 1.67. The van der Waals surface area contributed by atoms with Gasteiger partial charge < -0.3 is 10.0 Å². The van der Waals surface area contributed by atoms with Crippen LogP contribution in [-0.2, 0) is 0 Å². The Morgan fingerprint density at radius 1 is 1.53 bits per heavy atom. The van der Waals surface area contributed by atoms with Crippen LogP contribution in [0.2, 0.25) is 0 Å². The molecule has 1 aromatic rings. The summed E-state index contributed by atoms with van der Waals surface area (Å²) >= 11 is 0. The molecule has 0 aliphatic carbocycles. The number of anilines is 1. The van der Waals surface area contributed by atoms with Gasteiger partial charge in [0.25, 0.3) is 0 Å². The molecule has 0 amide bonds. The summed E-state index contributed by atoms with van der Waals surface area (Å²) < 4.78 is 13.6. The fourth-order valence-electron chi connectivity index (χ4n) is 2.21. The molecule has 1 atom stereocenters. The summed E-state index contributed by atoms with van der Waals surface area (Å²) in [5, 5.41) is 9.05. The zero-order valence-electron chi connectivity index (χ0n) is 8.91. The number of para-hydroxylation sites is 1. The molecule has 1 heterocycles. The van der Waals surface area contributed by atoms with E-state index in [1.165, 1.54) is 6.07 Å². The van der Waals surface area contributed by atoms with E-state index in [1.807, 2.05) is 17.9 Å². The van der Waals surface area contributed by atoms with Crippen LogP contribution in [0.3, 0.4) is 0 Å². The van der Waals surface area contributed by atoms with Gasteiger partial charge in [-0.2, -0.15) is 0 Å². The lowest BCUT2D eigenvalue weighted by atomic mass is 10.1. The summed E-state index contributed by atoms with van der Waals surface area (Å²) in [4.78, 5) is 2.03. The highest BCUT2D eigenvalue weighted by Crippen LogP contribution is 2.28. The minimum atomic E-state index is -0.159. The maximum atomic E-state index is 13.6. The Labute approximate surface area is 89.3 Å². The molecule has 1 unspecified atom stereocenters. The van der Waals surface area contributed by atoms with Crippen LogP contribution in [0.5, 0.6) is 0 Å². The summed E-state index contributed by atoms with van der Waals surface area (Å²) in [6.45, 7) is 3.72. The first-order valence-electron chi connectivity index (χ1n) is 5.33. The molecule has 1 aliphatic heterocycles. The lowest BCUT2D eigenvalue weighted by Gasteiger charge is -2.21. The SMILES string of the molecule is Cc1cccc(F)c1N1CCC(CO)C1. The molecule has 1 aromatic carbocycles. The molecule has 2 rings (SSSR count). The van der Waals surface area contributed by atoms with Crippen molar-refractivity contribution in [1.82, 2.24) is 0 Å². The van der Waals surface area contributed by atoms with E-state index in [0.717, 1.165) is 25.1 Å². The van der Waals surface area contributed by atoms with Crippen LogP contribution in [0, 0.1) is 18.7 Å². The Morgan fingerprint density at radius 2 is 2.33 bits per heavy atom. The van der Waals surface area contributed by atoms with Crippen molar-refractivity contribution in [3.63, 3.8) is 0 Å². The number of aliphatic hydroxyl groups excluding tert-OH is 1. The van der Waals surface area contributed by atoms with Gasteiger partial charge in [-0.3, -0.25) is 0 Å². The molecule has 0 saturated carbocycles. The van der Waals surface area contributed by atoms with Crippen LogP contribution < -0.4 is 4.90 Å². The molecule has 1 saturated heterocycles. The van der Waals surface area contributed by atoms with Crippen molar-refractivity contribution in [1.29, 1.82) is 0 Å². The number of nitrogens with zero attached hydrogens (tertiary/aromatic N) is 1. The van der Waals surface area contributed by atoms with Gasteiger partial charge in [-0.05, 0) is 25.0 Å². The van der Waals surface area contributed by atoms with Gasteiger partial charge in [-0.15, -0.1) is 0 Å². The van der Waals surface area contributed by atoms with Crippen LogP contribution >= 0.6 is 0 Å². The molecule has 15 heavy (non-hydrogen) atoms. The molecule has 0 radical (unpaired) electrons. The van der Waals surface area contributed by atoms with Crippen molar-refractivity contribution in [2.24, 2.45) is 5.92 Å². The summed E-state index contributed by atoms with van der Waals surface area (Å²) in [6, 6.07) is 5.15. The largest absolute Gasteiger partial charge is 0.396 e. The minimum Gasteiger partial charge on any atom is -0.396 e. The van der Waals surface area contributed by atoms with Crippen molar-refractivity contribution in [2.75, 3.05) is 24.6 Å². The maximum Gasteiger partial charge on any atom is 0.146 e. The Morgan fingerprint density at radius 3 is 2.93 bits per heavy atom. The fourth-order valence-corrected chi connectivity index (χ4v) is 2.21. The summed E-state index contributed by atoms with van der Waals surface area (Å²) in [7, 11) is 0. The Hall–Kier alpha value is -1.09. The van der Waals surface area contributed by atoms with Gasteiger partial charge in [0, 0.05) is 25.6 Å². The molecule has 0 aromatic heterocycles. The number of benzene rings is 1. The van der Waals surface area contributed by atoms with Crippen LogP contribution in [0.4, 0.5) is 10.1 Å². The monoisotopic (exact) mass is 209 g/mol. The van der Waals surface area contributed by atoms with Crippen molar-refractivity contribution < 1.29 is 9.50 Å². The maximum absolute atomic E-state index is 13.6. The quantitative estimate of drug-likeness (QED) is 0.804. The van der Waals surface area contributed by atoms with Gasteiger partial charge in [0.1, 0.15) is 5.82 Å². The average molecular weight is 209 g/mol. The average Bonchev–Trinajstić information content (AvgIpc) is 2.66. The van der Waals surface area contributed by atoms with Crippen LogP contribution in [-0.4, -0.2) is 24.8 Å². The third kappa shape index (κ3) is 1.97. The Bertz CT molecular complexity index is 333. The molecule has 1 aliphatic rings. The lowest BCUT2D eigenvalue weighted by molar-refractivity contribution is 0.238. The number of rotatable bonds is 2. The van der Waals surface area contributed by atoms with Crippen LogP contribution in [0.15, 0.2) is 18.2 Å². The molecular weight excluding hydrogens is 193 g/mol. The standard InChI is InChI=1S/C12H16FNO/c1-9-3-2-4-11(13)12(9)14-6-5-10(7-14)8-15/h2-4,10,15H,5-8H2,1H3. The Balaban J connectivity index is 2.23. The zero-order chi connectivity index (χ0) is 10.8. The first-order chi connectivity index (χ1) is 7.22. The molecule has 2 nitrogen and oxygen atoms in total. The van der Waals surface area contributed by atoms with E-state index in [-0.39, 0.29) is 12.4 Å². The first-order valence-corrected chi connectivity index (χ1v) is 5.33. The van der Waals surface area contributed by atoms with E-state index in [9.17, 15) is 4.39 Å².